The van der Waals surface area contributed by atoms with Gasteiger partial charge in [-0.2, -0.15) is 0 Å². The lowest BCUT2D eigenvalue weighted by molar-refractivity contribution is 1.22. The lowest BCUT2D eigenvalue weighted by Gasteiger charge is -1.92. The number of fused-ring (bicyclic) bond motifs is 1. The first-order valence-electron chi connectivity index (χ1n) is 3.37. The summed E-state index contributed by atoms with van der Waals surface area (Å²) in [6, 6.07) is 1.99. The Bertz CT molecular complexity index is 392. The van der Waals surface area contributed by atoms with Crippen molar-refractivity contribution in [1.82, 2.24) is 9.97 Å². The first kappa shape index (κ1) is 6.85. The van der Waals surface area contributed by atoms with Crippen molar-refractivity contribution >= 4 is 26.8 Å². The lowest BCUT2D eigenvalue weighted by Crippen LogP contribution is -1.79. The summed E-state index contributed by atoms with van der Waals surface area (Å²) in [4.78, 5) is 7.32. The molecule has 2 aromatic rings. The van der Waals surface area contributed by atoms with Gasteiger partial charge in [0.05, 0.1) is 11.2 Å². The van der Waals surface area contributed by atoms with E-state index in [1.807, 2.05) is 25.4 Å². The standard InChI is InChI=1S/C8H7BrN2/c1-5-8-6(2-3-10-5)7(9)4-11-8/h2-4,11H,1H3. The number of aryl methyl sites for hydroxylation is 1. The molecule has 0 saturated carbocycles. The van der Waals surface area contributed by atoms with Gasteiger partial charge < -0.3 is 4.98 Å². The van der Waals surface area contributed by atoms with Gasteiger partial charge in [0.1, 0.15) is 0 Å². The number of rotatable bonds is 0. The minimum Gasteiger partial charge on any atom is -0.359 e. The Balaban J connectivity index is 2.94. The van der Waals surface area contributed by atoms with Gasteiger partial charge in [-0.1, -0.05) is 0 Å². The minimum atomic E-state index is 1.04. The molecule has 2 aromatic heterocycles. The third-order valence-electron chi connectivity index (χ3n) is 1.74. The second-order valence-corrected chi connectivity index (χ2v) is 3.31. The van der Waals surface area contributed by atoms with Gasteiger partial charge in [-0.25, -0.2) is 0 Å². The van der Waals surface area contributed by atoms with Crippen molar-refractivity contribution in [3.8, 4) is 0 Å². The van der Waals surface area contributed by atoms with E-state index in [2.05, 4.69) is 25.9 Å². The lowest BCUT2D eigenvalue weighted by atomic mass is 10.3. The molecule has 0 aromatic carbocycles. The van der Waals surface area contributed by atoms with E-state index in [1.54, 1.807) is 0 Å². The number of hydrogen-bond donors (Lipinski definition) is 1. The summed E-state index contributed by atoms with van der Waals surface area (Å²) in [6.07, 6.45) is 3.75. The van der Waals surface area contributed by atoms with E-state index in [0.717, 1.165) is 15.7 Å². The third-order valence-corrected chi connectivity index (χ3v) is 2.40. The van der Waals surface area contributed by atoms with Crippen LogP contribution in [0.3, 0.4) is 0 Å². The number of H-pyrrole nitrogens is 1. The van der Waals surface area contributed by atoms with Crippen LogP contribution in [0.4, 0.5) is 0 Å². The summed E-state index contributed by atoms with van der Waals surface area (Å²) in [5.41, 5.74) is 2.15. The van der Waals surface area contributed by atoms with Crippen molar-refractivity contribution < 1.29 is 0 Å². The maximum absolute atomic E-state index is 4.17. The smallest absolute Gasteiger partial charge is 0.0681 e. The van der Waals surface area contributed by atoms with E-state index >= 15 is 0 Å². The van der Waals surface area contributed by atoms with Crippen LogP contribution in [0.15, 0.2) is 22.9 Å². The Morgan fingerprint density at radius 2 is 2.36 bits per heavy atom. The molecule has 0 amide bonds. The van der Waals surface area contributed by atoms with Gasteiger partial charge in [-0.05, 0) is 28.9 Å². The Morgan fingerprint density at radius 3 is 3.09 bits per heavy atom. The molecule has 0 unspecified atom stereocenters. The van der Waals surface area contributed by atoms with E-state index < -0.39 is 0 Å². The highest BCUT2D eigenvalue weighted by Gasteiger charge is 2.01. The van der Waals surface area contributed by atoms with Crippen LogP contribution < -0.4 is 0 Å². The summed E-state index contributed by atoms with van der Waals surface area (Å²) in [7, 11) is 0. The molecule has 0 spiro atoms. The van der Waals surface area contributed by atoms with Crippen molar-refractivity contribution in [1.29, 1.82) is 0 Å². The normalized spacial score (nSPS) is 10.7. The Labute approximate surface area is 72.8 Å². The van der Waals surface area contributed by atoms with E-state index in [1.165, 1.54) is 5.39 Å². The Kier molecular flexibility index (Phi) is 1.46. The summed E-state index contributed by atoms with van der Waals surface area (Å²) < 4.78 is 1.10. The molecule has 0 radical (unpaired) electrons. The monoisotopic (exact) mass is 210 g/mol. The van der Waals surface area contributed by atoms with Gasteiger partial charge in [0.15, 0.2) is 0 Å². The molecule has 0 aliphatic rings. The van der Waals surface area contributed by atoms with E-state index in [-0.39, 0.29) is 0 Å². The Hall–Kier alpha value is -0.830. The van der Waals surface area contributed by atoms with Gasteiger partial charge in [-0.3, -0.25) is 4.98 Å². The molecular weight excluding hydrogens is 204 g/mol. The van der Waals surface area contributed by atoms with E-state index in [0.29, 0.717) is 0 Å². The SMILES string of the molecule is Cc1nccc2c(Br)c[nH]c12. The third kappa shape index (κ3) is 0.959. The fourth-order valence-electron chi connectivity index (χ4n) is 1.16. The van der Waals surface area contributed by atoms with E-state index in [9.17, 15) is 0 Å². The number of aromatic amines is 1. The summed E-state index contributed by atoms with van der Waals surface area (Å²) in [6.45, 7) is 1.99. The number of hydrogen-bond acceptors (Lipinski definition) is 1. The molecule has 1 N–H and O–H groups in total. The molecule has 0 atom stereocenters. The van der Waals surface area contributed by atoms with Gasteiger partial charge in [0, 0.05) is 22.3 Å². The quantitative estimate of drug-likeness (QED) is 0.712. The first-order chi connectivity index (χ1) is 5.29. The zero-order chi connectivity index (χ0) is 7.84. The van der Waals surface area contributed by atoms with Gasteiger partial charge in [0.2, 0.25) is 0 Å². The summed E-state index contributed by atoms with van der Waals surface area (Å²) >= 11 is 3.44. The molecule has 0 bridgehead atoms. The van der Waals surface area contributed by atoms with Crippen LogP contribution in [0, 0.1) is 6.92 Å². The molecule has 0 fully saturated rings. The largest absolute Gasteiger partial charge is 0.359 e. The number of halogens is 1. The average molecular weight is 211 g/mol. The molecule has 0 saturated heterocycles. The van der Waals surface area contributed by atoms with Crippen molar-refractivity contribution in [2.45, 2.75) is 6.92 Å². The predicted molar refractivity (Wildman–Crippen MR) is 48.5 cm³/mol. The molecule has 0 aliphatic carbocycles. The fourth-order valence-corrected chi connectivity index (χ4v) is 1.61. The molecule has 2 heterocycles. The van der Waals surface area contributed by atoms with Crippen LogP contribution in [0.25, 0.3) is 10.9 Å². The van der Waals surface area contributed by atoms with Crippen molar-refractivity contribution in [3.63, 3.8) is 0 Å². The Morgan fingerprint density at radius 1 is 1.55 bits per heavy atom. The zero-order valence-corrected chi connectivity index (χ0v) is 7.64. The van der Waals surface area contributed by atoms with Crippen molar-refractivity contribution in [2.24, 2.45) is 0 Å². The van der Waals surface area contributed by atoms with Gasteiger partial charge in [0.25, 0.3) is 0 Å². The molecule has 3 heteroatoms. The van der Waals surface area contributed by atoms with Crippen LogP contribution in [0.1, 0.15) is 5.69 Å². The van der Waals surface area contributed by atoms with Crippen LogP contribution in [0.5, 0.6) is 0 Å². The molecule has 2 rings (SSSR count). The van der Waals surface area contributed by atoms with Crippen LogP contribution in [-0.2, 0) is 0 Å². The number of nitrogens with zero attached hydrogens (tertiary/aromatic N) is 1. The second kappa shape index (κ2) is 2.34. The maximum atomic E-state index is 4.17. The molecule has 2 nitrogen and oxygen atoms in total. The number of nitrogens with one attached hydrogen (secondary N) is 1. The summed E-state index contributed by atoms with van der Waals surface area (Å²) in [5.74, 6) is 0. The van der Waals surface area contributed by atoms with Crippen LogP contribution >= 0.6 is 15.9 Å². The predicted octanol–water partition coefficient (Wildman–Crippen LogP) is 2.63. The fraction of sp³-hybridized carbons (Fsp3) is 0.125. The van der Waals surface area contributed by atoms with Crippen LogP contribution in [-0.4, -0.2) is 9.97 Å². The number of aromatic nitrogens is 2. The highest BCUT2D eigenvalue weighted by atomic mass is 79.9. The first-order valence-corrected chi connectivity index (χ1v) is 4.16. The van der Waals surface area contributed by atoms with Gasteiger partial charge in [-0.15, -0.1) is 0 Å². The van der Waals surface area contributed by atoms with Crippen LogP contribution in [0.2, 0.25) is 0 Å². The summed E-state index contributed by atoms with van der Waals surface area (Å²) in [5, 5.41) is 1.19. The van der Waals surface area contributed by atoms with Crippen molar-refractivity contribution in [2.75, 3.05) is 0 Å². The highest BCUT2D eigenvalue weighted by molar-refractivity contribution is 9.10. The average Bonchev–Trinajstić information content (AvgIpc) is 2.35. The topological polar surface area (TPSA) is 28.7 Å². The second-order valence-electron chi connectivity index (χ2n) is 2.46. The molecule has 11 heavy (non-hydrogen) atoms. The molecular formula is C8H7BrN2. The zero-order valence-electron chi connectivity index (χ0n) is 6.06. The van der Waals surface area contributed by atoms with Gasteiger partial charge >= 0.3 is 0 Å². The maximum Gasteiger partial charge on any atom is 0.0681 e. The molecule has 0 aliphatic heterocycles. The number of pyridine rings is 1. The highest BCUT2D eigenvalue weighted by Crippen LogP contribution is 2.23. The van der Waals surface area contributed by atoms with Crippen molar-refractivity contribution in [3.05, 3.63) is 28.6 Å². The molecule has 56 valence electrons. The minimum absolute atomic E-state index is 1.04. The van der Waals surface area contributed by atoms with E-state index in [4.69, 9.17) is 0 Å².